The third-order valence-corrected chi connectivity index (χ3v) is 6.09. The van der Waals surface area contributed by atoms with Crippen LogP contribution in [0.25, 0.3) is 0 Å². The average Bonchev–Trinajstić information content (AvgIpc) is 3.54. The first kappa shape index (κ1) is 25.6. The number of hydrogen-bond acceptors (Lipinski definition) is 8. The number of aromatic nitrogens is 1. The maximum absolute atomic E-state index is 13.3. The number of methoxy groups -OCH3 is 1. The molecule has 34 heavy (non-hydrogen) atoms. The van der Waals surface area contributed by atoms with E-state index in [1.807, 2.05) is 0 Å². The van der Waals surface area contributed by atoms with Crippen LogP contribution in [0.1, 0.15) is 37.3 Å². The summed E-state index contributed by atoms with van der Waals surface area (Å²) in [6.07, 6.45) is 3.20. The van der Waals surface area contributed by atoms with E-state index in [-0.39, 0.29) is 55.6 Å². The van der Waals surface area contributed by atoms with Crippen molar-refractivity contribution >= 4 is 34.2 Å². The Morgan fingerprint density at radius 3 is 2.74 bits per heavy atom. The van der Waals surface area contributed by atoms with Crippen LogP contribution >= 0.6 is 11.3 Å². The Hall–Kier alpha value is -3.02. The van der Waals surface area contributed by atoms with Crippen LogP contribution in [0.3, 0.4) is 0 Å². The number of ether oxygens (including phenoxy) is 2. The van der Waals surface area contributed by atoms with Crippen molar-refractivity contribution in [3.63, 3.8) is 0 Å². The zero-order valence-electron chi connectivity index (χ0n) is 19.1. The molecule has 2 heterocycles. The Morgan fingerprint density at radius 1 is 1.29 bits per heavy atom. The molecule has 2 atom stereocenters. The second-order valence-electron chi connectivity index (χ2n) is 7.84. The fourth-order valence-electron chi connectivity index (χ4n) is 3.66. The van der Waals surface area contributed by atoms with Crippen molar-refractivity contribution in [1.82, 2.24) is 15.2 Å². The molecule has 3 amide bonds. The van der Waals surface area contributed by atoms with Crippen LogP contribution in [0.2, 0.25) is 0 Å². The molecular formula is C23H30N4O6S. The zero-order valence-corrected chi connectivity index (χ0v) is 19.9. The van der Waals surface area contributed by atoms with Gasteiger partial charge in [0.25, 0.3) is 0 Å². The first-order chi connectivity index (χ1) is 16.5. The van der Waals surface area contributed by atoms with Gasteiger partial charge < -0.3 is 30.1 Å². The molecule has 10 nitrogen and oxygen atoms in total. The lowest BCUT2D eigenvalue weighted by atomic mass is 10.0. The minimum atomic E-state index is -0.952. The Kier molecular flexibility index (Phi) is 9.80. The van der Waals surface area contributed by atoms with Gasteiger partial charge in [0.15, 0.2) is 5.13 Å². The molecule has 1 aromatic heterocycles. The van der Waals surface area contributed by atoms with Gasteiger partial charge in [0.1, 0.15) is 11.8 Å². The van der Waals surface area contributed by atoms with E-state index in [0.29, 0.717) is 23.8 Å². The Bertz CT molecular complexity index is 931. The summed E-state index contributed by atoms with van der Waals surface area (Å²) in [6, 6.07) is 5.19. The molecule has 1 aromatic carbocycles. The predicted octanol–water partition coefficient (Wildman–Crippen LogP) is 2.08. The van der Waals surface area contributed by atoms with Crippen molar-refractivity contribution in [2.75, 3.05) is 38.7 Å². The quantitative estimate of drug-likeness (QED) is 0.415. The van der Waals surface area contributed by atoms with E-state index in [4.69, 9.17) is 9.47 Å². The number of amides is 3. The molecule has 184 valence electrons. The van der Waals surface area contributed by atoms with Crippen LogP contribution in [0.5, 0.6) is 5.75 Å². The van der Waals surface area contributed by atoms with E-state index in [0.717, 1.165) is 12.8 Å². The summed E-state index contributed by atoms with van der Waals surface area (Å²) in [5, 5.41) is 17.5. The largest absolute Gasteiger partial charge is 0.508 e. The molecule has 0 saturated carbocycles. The molecule has 0 radical (unpaired) electrons. The number of nitrogens with zero attached hydrogens (tertiary/aromatic N) is 2. The van der Waals surface area contributed by atoms with Crippen molar-refractivity contribution in [2.24, 2.45) is 0 Å². The van der Waals surface area contributed by atoms with Crippen LogP contribution < -0.4 is 10.6 Å². The van der Waals surface area contributed by atoms with Gasteiger partial charge in [-0.05, 0) is 30.5 Å². The Balaban J connectivity index is 1.73. The molecule has 3 N–H and O–H groups in total. The second-order valence-corrected chi connectivity index (χ2v) is 8.73. The molecule has 0 aliphatic carbocycles. The molecular weight excluding hydrogens is 460 g/mol. The summed E-state index contributed by atoms with van der Waals surface area (Å²) in [4.78, 5) is 44.2. The molecule has 3 rings (SSSR count). The van der Waals surface area contributed by atoms with E-state index in [1.165, 1.54) is 35.5 Å². The van der Waals surface area contributed by atoms with E-state index in [2.05, 4.69) is 15.6 Å². The number of benzene rings is 1. The number of anilines is 1. The van der Waals surface area contributed by atoms with Crippen molar-refractivity contribution in [1.29, 1.82) is 0 Å². The molecule has 0 bridgehead atoms. The Labute approximate surface area is 202 Å². The summed E-state index contributed by atoms with van der Waals surface area (Å²) < 4.78 is 10.8. The minimum absolute atomic E-state index is 0.0517. The second kappa shape index (κ2) is 13.0. The normalized spacial score (nSPS) is 16.1. The monoisotopic (exact) mass is 490 g/mol. The zero-order chi connectivity index (χ0) is 24.3. The summed E-state index contributed by atoms with van der Waals surface area (Å²) in [7, 11) is 1.51. The highest BCUT2D eigenvalue weighted by atomic mass is 32.1. The highest BCUT2D eigenvalue weighted by molar-refractivity contribution is 7.13. The number of aromatic hydroxyl groups is 1. The molecule has 0 unspecified atom stereocenters. The number of carbonyl (C=O) groups is 3. The number of phenols is 1. The number of thiazole rings is 1. The van der Waals surface area contributed by atoms with E-state index >= 15 is 0 Å². The predicted molar refractivity (Wildman–Crippen MR) is 126 cm³/mol. The maximum Gasteiger partial charge on any atom is 0.247 e. The van der Waals surface area contributed by atoms with Crippen molar-refractivity contribution in [3.05, 3.63) is 41.4 Å². The van der Waals surface area contributed by atoms with Crippen LogP contribution in [-0.4, -0.2) is 72.2 Å². The third-order valence-electron chi connectivity index (χ3n) is 5.40. The van der Waals surface area contributed by atoms with E-state index < -0.39 is 6.04 Å². The first-order valence-corrected chi connectivity index (χ1v) is 12.0. The molecule has 0 spiro atoms. The summed E-state index contributed by atoms with van der Waals surface area (Å²) in [5.41, 5.74) is 0.541. The summed E-state index contributed by atoms with van der Waals surface area (Å²) in [5.74, 6) is -1.01. The van der Waals surface area contributed by atoms with Crippen LogP contribution in [0.15, 0.2) is 35.8 Å². The van der Waals surface area contributed by atoms with Crippen LogP contribution in [0.4, 0.5) is 5.13 Å². The average molecular weight is 491 g/mol. The van der Waals surface area contributed by atoms with Crippen molar-refractivity contribution in [3.8, 4) is 5.75 Å². The lowest BCUT2D eigenvalue weighted by Gasteiger charge is -2.31. The molecule has 11 heteroatoms. The highest BCUT2D eigenvalue weighted by Gasteiger charge is 2.32. The fraction of sp³-hybridized carbons (Fsp3) is 0.478. The lowest BCUT2D eigenvalue weighted by Crippen LogP contribution is -2.46. The van der Waals surface area contributed by atoms with Gasteiger partial charge >= 0.3 is 0 Å². The Morgan fingerprint density at radius 2 is 2.09 bits per heavy atom. The maximum atomic E-state index is 13.3. The van der Waals surface area contributed by atoms with Gasteiger partial charge in [-0.15, -0.1) is 11.3 Å². The molecule has 2 aromatic rings. The number of carbonyl (C=O) groups excluding carboxylic acids is 3. The van der Waals surface area contributed by atoms with Gasteiger partial charge in [-0.1, -0.05) is 12.1 Å². The number of nitrogens with one attached hydrogen (secondary N) is 2. The topological polar surface area (TPSA) is 130 Å². The van der Waals surface area contributed by atoms with Gasteiger partial charge in [0, 0.05) is 51.2 Å². The van der Waals surface area contributed by atoms with Gasteiger partial charge in [-0.2, -0.15) is 0 Å². The van der Waals surface area contributed by atoms with Gasteiger partial charge in [0.05, 0.1) is 12.7 Å². The number of rotatable bonds is 12. The third kappa shape index (κ3) is 7.51. The van der Waals surface area contributed by atoms with Gasteiger partial charge in [-0.25, -0.2) is 4.98 Å². The molecule has 1 fully saturated rings. The van der Waals surface area contributed by atoms with Gasteiger partial charge in [0.2, 0.25) is 17.7 Å². The molecule has 1 aliphatic rings. The highest BCUT2D eigenvalue weighted by Crippen LogP contribution is 2.25. The lowest BCUT2D eigenvalue weighted by molar-refractivity contribution is -0.142. The summed E-state index contributed by atoms with van der Waals surface area (Å²) >= 11 is 1.29. The first-order valence-electron chi connectivity index (χ1n) is 11.1. The van der Waals surface area contributed by atoms with Gasteiger partial charge in [-0.3, -0.25) is 14.4 Å². The van der Waals surface area contributed by atoms with E-state index in [1.54, 1.807) is 23.7 Å². The molecule has 1 aliphatic heterocycles. The van der Waals surface area contributed by atoms with Crippen LogP contribution in [0, 0.1) is 0 Å². The van der Waals surface area contributed by atoms with Crippen LogP contribution in [-0.2, 0) is 23.9 Å². The van der Waals surface area contributed by atoms with Crippen molar-refractivity contribution < 1.29 is 29.0 Å². The number of phenolic OH excluding ortho intramolecular Hbond substituents is 1. The summed E-state index contributed by atoms with van der Waals surface area (Å²) in [6.45, 7) is 1.38. The number of hydrogen-bond donors (Lipinski definition) is 3. The standard InChI is InChI=1S/C23H30N4O6S/c1-32-13-11-27(20(30)9-8-19(29)26-23-24-10-14-34-23)21(16-4-6-17(28)7-5-16)22(31)25-15-18-3-2-12-33-18/h4-7,10,14,18,21,28H,2-3,8-9,11-13,15H2,1H3,(H,25,31)(H,24,26,29)/t18-,21-/m0/s1. The SMILES string of the molecule is COCCN(C(=O)CCC(=O)Nc1nccs1)[C@H](C(=O)NC[C@@H]1CCCO1)c1ccc(O)cc1. The fourth-order valence-corrected chi connectivity index (χ4v) is 4.21. The molecule has 1 saturated heterocycles. The van der Waals surface area contributed by atoms with E-state index in [9.17, 15) is 19.5 Å². The smallest absolute Gasteiger partial charge is 0.247 e. The van der Waals surface area contributed by atoms with Crippen molar-refractivity contribution in [2.45, 2.75) is 37.8 Å². The minimum Gasteiger partial charge on any atom is -0.508 e.